The zero-order valence-corrected chi connectivity index (χ0v) is 37.5. The van der Waals surface area contributed by atoms with Crippen molar-refractivity contribution < 1.29 is 37.5 Å². The van der Waals surface area contributed by atoms with E-state index in [9.17, 15) is 14.9 Å². The molecule has 5 aromatic rings. The van der Waals surface area contributed by atoms with Crippen LogP contribution in [0.25, 0.3) is 0 Å². The highest BCUT2D eigenvalue weighted by atomic mass is 31.2. The monoisotopic (exact) mass is 875 g/mol. The van der Waals surface area contributed by atoms with Crippen molar-refractivity contribution in [2.45, 2.75) is 82.8 Å². The number of ether oxygens (including phenoxy) is 5. The first-order chi connectivity index (χ1) is 30.4. The van der Waals surface area contributed by atoms with Gasteiger partial charge in [-0.15, -0.1) is 0 Å². The first-order valence-corrected chi connectivity index (χ1v) is 22.1. The molecular weight excluding hydrogens is 822 g/mol. The highest BCUT2D eigenvalue weighted by molar-refractivity contribution is 7.44. The molecule has 2 aliphatic heterocycles. The Labute approximate surface area is 369 Å². The third kappa shape index (κ3) is 9.42. The molecule has 0 spiro atoms. The van der Waals surface area contributed by atoms with Gasteiger partial charge in [0.1, 0.15) is 40.7 Å². The van der Waals surface area contributed by atoms with Crippen LogP contribution < -0.4 is 20.5 Å². The molecule has 5 atom stereocenters. The summed E-state index contributed by atoms with van der Waals surface area (Å²) in [7, 11) is 1.44. The van der Waals surface area contributed by atoms with Crippen molar-refractivity contribution in [1.82, 2.24) is 14.2 Å². The number of anilines is 1. The number of rotatable bonds is 19. The number of benzene rings is 4. The summed E-state index contributed by atoms with van der Waals surface area (Å²) in [6, 6.07) is 36.3. The average molecular weight is 876 g/mol. The highest BCUT2D eigenvalue weighted by Gasteiger charge is 2.65. The maximum absolute atomic E-state index is 14.1. The van der Waals surface area contributed by atoms with Crippen molar-refractivity contribution in [3.63, 3.8) is 0 Å². The summed E-state index contributed by atoms with van der Waals surface area (Å²) in [5, 5.41) is 12.2. The molecule has 330 valence electrons. The SMILES string of the molecule is COc1ccc(C(OC[C@@]23CO[C@@H]([C@H](n4cc(C)c(NC(=O)c5ccccc5)nc4=O)O2)[C@@H]3OP(OCCC#N)N(C(C)C)C(C)C)(c2ccccc2)c2ccc(OC)cc2)cc1. The van der Waals surface area contributed by atoms with E-state index in [-0.39, 0.29) is 44.1 Å². The van der Waals surface area contributed by atoms with Gasteiger partial charge in [0.25, 0.3) is 14.4 Å². The fraction of sp³-hybridized carbons (Fsp3) is 0.375. The molecule has 4 aromatic carbocycles. The van der Waals surface area contributed by atoms with Gasteiger partial charge < -0.3 is 38.0 Å². The van der Waals surface area contributed by atoms with Gasteiger partial charge >= 0.3 is 5.69 Å². The van der Waals surface area contributed by atoms with E-state index in [0.29, 0.717) is 22.6 Å². The Morgan fingerprint density at radius 1 is 0.921 bits per heavy atom. The van der Waals surface area contributed by atoms with Crippen molar-refractivity contribution in [2.24, 2.45) is 0 Å². The quantitative estimate of drug-likeness (QED) is 0.0484. The van der Waals surface area contributed by atoms with Crippen LogP contribution in [0.2, 0.25) is 0 Å². The molecule has 3 heterocycles. The van der Waals surface area contributed by atoms with Crippen LogP contribution in [-0.4, -0.2) is 84.1 Å². The first kappa shape index (κ1) is 45.5. The molecule has 0 aliphatic carbocycles. The molecule has 1 aromatic heterocycles. The largest absolute Gasteiger partial charge is 0.497 e. The third-order valence-corrected chi connectivity index (χ3v) is 13.3. The van der Waals surface area contributed by atoms with Crippen LogP contribution >= 0.6 is 8.53 Å². The molecular formula is C48H54N5O9P. The predicted molar refractivity (Wildman–Crippen MR) is 239 cm³/mol. The summed E-state index contributed by atoms with van der Waals surface area (Å²) >= 11 is 0. The summed E-state index contributed by atoms with van der Waals surface area (Å²) in [6.07, 6.45) is -0.890. The standard InChI is InChI=1S/C48H54N5O9P/c1-32(2)53(33(3)4)63(60-28-14-27-49)62-42-41-45(52-29-34(5)43(51-46(52)55)50-44(54)35-15-10-8-11-16-35)61-47(42,30-58-41)31-59-48(36-17-12-9-13-18-36,37-19-23-39(56-6)24-20-37)38-21-25-40(57-7)26-22-38/h8-13,15-26,29,32-33,41-42,45H,14,28,30-31H2,1-7H3,(H,50,51,54,55)/t41-,42+,45-,47-,63?/m1/s1. The lowest BCUT2D eigenvalue weighted by molar-refractivity contribution is -0.203. The van der Waals surface area contributed by atoms with Crippen molar-refractivity contribution in [2.75, 3.05) is 39.4 Å². The summed E-state index contributed by atoms with van der Waals surface area (Å²) in [4.78, 5) is 31.5. The molecule has 1 N–H and O–H groups in total. The molecule has 7 rings (SSSR count). The van der Waals surface area contributed by atoms with Gasteiger partial charge in [-0.1, -0.05) is 72.8 Å². The second-order valence-corrected chi connectivity index (χ2v) is 17.4. The van der Waals surface area contributed by atoms with E-state index in [2.05, 4.69) is 48.7 Å². The summed E-state index contributed by atoms with van der Waals surface area (Å²) in [5.41, 5.74) is 0.248. The number of nitrogens with zero attached hydrogens (tertiary/aromatic N) is 4. The predicted octanol–water partition coefficient (Wildman–Crippen LogP) is 8.16. The smallest absolute Gasteiger partial charge is 0.351 e. The number of amides is 1. The lowest BCUT2D eigenvalue weighted by atomic mass is 9.79. The van der Waals surface area contributed by atoms with Gasteiger partial charge in [0.2, 0.25) is 0 Å². The zero-order valence-electron chi connectivity index (χ0n) is 36.6. The summed E-state index contributed by atoms with van der Waals surface area (Å²) in [5.74, 6) is 1.10. The van der Waals surface area contributed by atoms with Gasteiger partial charge in [-0.3, -0.25) is 9.36 Å². The van der Waals surface area contributed by atoms with E-state index in [4.69, 9.17) is 32.7 Å². The minimum atomic E-state index is -1.80. The van der Waals surface area contributed by atoms with Crippen LogP contribution in [0.1, 0.15) is 73.0 Å². The molecule has 15 heteroatoms. The zero-order chi connectivity index (χ0) is 44.7. The lowest BCUT2D eigenvalue weighted by Gasteiger charge is -2.41. The molecule has 0 saturated carbocycles. The van der Waals surface area contributed by atoms with Crippen LogP contribution in [0.3, 0.4) is 0 Å². The number of aryl methyl sites for hydroxylation is 1. The van der Waals surface area contributed by atoms with Crippen molar-refractivity contribution in [3.8, 4) is 17.6 Å². The maximum Gasteiger partial charge on any atom is 0.351 e. The lowest BCUT2D eigenvalue weighted by Crippen LogP contribution is -2.49. The van der Waals surface area contributed by atoms with Crippen LogP contribution in [-0.2, 0) is 28.9 Å². The molecule has 2 aliphatic rings. The number of aromatic nitrogens is 2. The average Bonchev–Trinajstić information content (AvgIpc) is 3.79. The molecule has 2 bridgehead atoms. The van der Waals surface area contributed by atoms with E-state index in [0.717, 1.165) is 16.7 Å². The van der Waals surface area contributed by atoms with E-state index in [1.165, 1.54) is 4.57 Å². The number of nitrogens with one attached hydrogen (secondary N) is 1. The van der Waals surface area contributed by atoms with Crippen molar-refractivity contribution in [1.29, 1.82) is 5.26 Å². The van der Waals surface area contributed by atoms with E-state index in [1.54, 1.807) is 51.6 Å². The number of fused-ring (bicyclic) bond motifs is 2. The second-order valence-electron chi connectivity index (χ2n) is 16.0. The van der Waals surface area contributed by atoms with Crippen LogP contribution in [0.4, 0.5) is 5.82 Å². The number of hydrogen-bond donors (Lipinski definition) is 1. The van der Waals surface area contributed by atoms with Gasteiger partial charge in [-0.25, -0.2) is 9.46 Å². The summed E-state index contributed by atoms with van der Waals surface area (Å²) < 4.78 is 49.3. The number of nitriles is 1. The molecule has 63 heavy (non-hydrogen) atoms. The number of carbonyl (C=O) groups excluding carboxylic acids is 1. The van der Waals surface area contributed by atoms with Gasteiger partial charge in [0, 0.05) is 29.4 Å². The minimum Gasteiger partial charge on any atom is -0.497 e. The molecule has 2 fully saturated rings. The number of carbonyl (C=O) groups is 1. The molecule has 1 unspecified atom stereocenters. The normalized spacial score (nSPS) is 19.9. The number of methoxy groups -OCH3 is 2. The van der Waals surface area contributed by atoms with E-state index < -0.39 is 49.8 Å². The van der Waals surface area contributed by atoms with E-state index in [1.807, 2.05) is 84.9 Å². The maximum atomic E-state index is 14.1. The molecule has 14 nitrogen and oxygen atoms in total. The second kappa shape index (κ2) is 19.9. The van der Waals surface area contributed by atoms with Crippen LogP contribution in [0.15, 0.2) is 120 Å². The van der Waals surface area contributed by atoms with Crippen molar-refractivity contribution in [3.05, 3.63) is 154 Å². The fourth-order valence-electron chi connectivity index (χ4n) is 8.22. The van der Waals surface area contributed by atoms with Crippen LogP contribution in [0.5, 0.6) is 11.5 Å². The summed E-state index contributed by atoms with van der Waals surface area (Å²) in [6.45, 7) is 10.1. The third-order valence-electron chi connectivity index (χ3n) is 11.2. The minimum absolute atomic E-state index is 0.00562. The Hall–Kier alpha value is -5.49. The van der Waals surface area contributed by atoms with Gasteiger partial charge in [0.05, 0.1) is 46.5 Å². The topological polar surface area (TPSA) is 156 Å². The van der Waals surface area contributed by atoms with Crippen LogP contribution in [0, 0.1) is 18.3 Å². The Balaban J connectivity index is 1.33. The molecule has 2 saturated heterocycles. The molecule has 0 radical (unpaired) electrons. The Morgan fingerprint density at radius 2 is 1.49 bits per heavy atom. The van der Waals surface area contributed by atoms with Gasteiger partial charge in [-0.05, 0) is 87.7 Å². The highest BCUT2D eigenvalue weighted by Crippen LogP contribution is 2.56. The van der Waals surface area contributed by atoms with Crippen molar-refractivity contribution >= 4 is 20.3 Å². The Bertz CT molecular complexity index is 2360. The molecule has 1 amide bonds. The Kier molecular flexibility index (Phi) is 14.4. The van der Waals surface area contributed by atoms with E-state index >= 15 is 0 Å². The Morgan fingerprint density at radius 3 is 2.05 bits per heavy atom. The fourth-order valence-corrected chi connectivity index (χ4v) is 10.0. The number of hydrogen-bond acceptors (Lipinski definition) is 12. The first-order valence-electron chi connectivity index (χ1n) is 20.9. The van der Waals surface area contributed by atoms with Gasteiger partial charge in [0.15, 0.2) is 6.23 Å². The van der Waals surface area contributed by atoms with Gasteiger partial charge in [-0.2, -0.15) is 10.2 Å².